The molecule has 6 unspecified atom stereocenters. The van der Waals surface area contributed by atoms with Gasteiger partial charge in [0.25, 0.3) is 0 Å². The third-order valence-corrected chi connectivity index (χ3v) is 6.94. The number of hydrogen-bond acceptors (Lipinski definition) is 7. The Balaban J connectivity index is 1.88. The van der Waals surface area contributed by atoms with Crippen molar-refractivity contribution in [1.82, 2.24) is 30.9 Å². The molecule has 13 nitrogen and oxygen atoms in total. The van der Waals surface area contributed by atoms with Crippen molar-refractivity contribution >= 4 is 34.6 Å². The first-order chi connectivity index (χ1) is 19.0. The zero-order valence-electron chi connectivity index (χ0n) is 22.7. The first-order valence-corrected chi connectivity index (χ1v) is 13.1. The van der Waals surface area contributed by atoms with Gasteiger partial charge in [-0.3, -0.25) is 14.4 Å². The molecule has 0 bridgehead atoms. The number of nitrogens with one attached hydrogen (secondary N) is 5. The lowest BCUT2D eigenvalue weighted by atomic mass is 9.98. The first-order valence-electron chi connectivity index (χ1n) is 13.1. The maximum atomic E-state index is 13.6. The summed E-state index contributed by atoms with van der Waals surface area (Å²) in [5.74, 6) is -3.68. The smallest absolute Gasteiger partial charge is 0.326 e. The molecule has 3 aromatic rings. The SMILES string of the molecule is CCC(C)C(NC(=O)C(Cc1cnc[nH]1)NC(=O)C(Cc1c[nH]c2ccccc12)NC(=O)C(N)C(C)O)C(=O)O. The van der Waals surface area contributed by atoms with Crippen molar-refractivity contribution in [2.45, 2.75) is 70.3 Å². The summed E-state index contributed by atoms with van der Waals surface area (Å²) in [5.41, 5.74) is 7.91. The van der Waals surface area contributed by atoms with E-state index in [1.165, 1.54) is 19.4 Å². The summed E-state index contributed by atoms with van der Waals surface area (Å²) < 4.78 is 0. The van der Waals surface area contributed by atoms with Crippen LogP contribution < -0.4 is 21.7 Å². The Morgan fingerprint density at radius 1 is 0.975 bits per heavy atom. The second kappa shape index (κ2) is 13.7. The monoisotopic (exact) mass is 555 g/mol. The third-order valence-electron chi connectivity index (χ3n) is 6.94. The van der Waals surface area contributed by atoms with Crippen LogP contribution in [0, 0.1) is 5.92 Å². The van der Waals surface area contributed by atoms with Gasteiger partial charge in [0.05, 0.1) is 12.4 Å². The molecular weight excluding hydrogens is 518 g/mol. The molecule has 6 atom stereocenters. The van der Waals surface area contributed by atoms with Crippen molar-refractivity contribution < 1.29 is 29.4 Å². The average molecular weight is 556 g/mol. The number of aromatic amines is 2. The van der Waals surface area contributed by atoms with Crippen molar-refractivity contribution in [3.05, 3.63) is 54.2 Å². The molecule has 2 aromatic heterocycles. The van der Waals surface area contributed by atoms with Crippen LogP contribution in [0.2, 0.25) is 0 Å². The number of nitrogens with two attached hydrogens (primary N) is 1. The molecule has 0 spiro atoms. The lowest BCUT2D eigenvalue weighted by Gasteiger charge is -2.26. The normalized spacial score (nSPS) is 15.8. The second-order valence-electron chi connectivity index (χ2n) is 9.94. The van der Waals surface area contributed by atoms with Crippen LogP contribution in [0.1, 0.15) is 38.4 Å². The quantitative estimate of drug-likeness (QED) is 0.135. The lowest BCUT2D eigenvalue weighted by Crippen LogP contribution is -2.59. The molecule has 3 amide bonds. The van der Waals surface area contributed by atoms with Crippen LogP contribution in [0.3, 0.4) is 0 Å². The van der Waals surface area contributed by atoms with Crippen molar-refractivity contribution in [3.63, 3.8) is 0 Å². The van der Waals surface area contributed by atoms with Gasteiger partial charge in [-0.25, -0.2) is 9.78 Å². The number of benzene rings is 1. The highest BCUT2D eigenvalue weighted by molar-refractivity contribution is 5.95. The van der Waals surface area contributed by atoms with Crippen molar-refractivity contribution in [1.29, 1.82) is 0 Å². The van der Waals surface area contributed by atoms with Crippen LogP contribution in [-0.4, -0.2) is 79.1 Å². The van der Waals surface area contributed by atoms with E-state index < -0.39 is 54.0 Å². The molecule has 0 radical (unpaired) electrons. The van der Waals surface area contributed by atoms with Gasteiger partial charge in [-0.15, -0.1) is 0 Å². The fourth-order valence-corrected chi connectivity index (χ4v) is 4.25. The summed E-state index contributed by atoms with van der Waals surface area (Å²) >= 11 is 0. The summed E-state index contributed by atoms with van der Waals surface area (Å²) in [6.07, 6.45) is 4.03. The van der Waals surface area contributed by atoms with E-state index in [-0.39, 0.29) is 18.8 Å². The van der Waals surface area contributed by atoms with E-state index in [1.807, 2.05) is 31.2 Å². The minimum absolute atomic E-state index is 0.00857. The van der Waals surface area contributed by atoms with Crippen molar-refractivity contribution in [2.24, 2.45) is 11.7 Å². The molecular formula is C27H37N7O6. The standard InChI is InChI=1S/C27H37N7O6/c1-4-14(2)23(27(39)40)34-25(37)21(10-17-12-29-13-31-17)32-24(36)20(33-26(38)22(28)15(3)35)9-16-11-30-19-8-6-5-7-18(16)19/h5-8,11-15,20-23,30,35H,4,9-10,28H2,1-3H3,(H,29,31)(H,32,36)(H,33,38)(H,34,37)(H,39,40). The molecule has 40 heavy (non-hydrogen) atoms. The van der Waals surface area contributed by atoms with E-state index in [2.05, 4.69) is 30.9 Å². The Bertz CT molecular complexity index is 1310. The van der Waals surface area contributed by atoms with Crippen LogP contribution in [0.25, 0.3) is 10.9 Å². The van der Waals surface area contributed by atoms with Crippen LogP contribution in [0.4, 0.5) is 0 Å². The van der Waals surface area contributed by atoms with Gasteiger partial charge < -0.3 is 41.9 Å². The van der Waals surface area contributed by atoms with Crippen LogP contribution in [0.5, 0.6) is 0 Å². The number of aliphatic hydroxyl groups excluding tert-OH is 1. The molecule has 0 aliphatic carbocycles. The fraction of sp³-hybridized carbons (Fsp3) is 0.444. The number of nitrogens with zero attached hydrogens (tertiary/aromatic N) is 1. The third kappa shape index (κ3) is 7.67. The van der Waals surface area contributed by atoms with Crippen LogP contribution >= 0.6 is 0 Å². The summed E-state index contributed by atoms with van der Waals surface area (Å²) in [4.78, 5) is 61.5. The number of aliphatic carboxylic acids is 1. The van der Waals surface area contributed by atoms with Gasteiger partial charge in [-0.1, -0.05) is 38.5 Å². The second-order valence-corrected chi connectivity index (χ2v) is 9.94. The van der Waals surface area contributed by atoms with Gasteiger partial charge in [-0.05, 0) is 24.5 Å². The predicted octanol–water partition coefficient (Wildman–Crippen LogP) is -0.0306. The number of carbonyl (C=O) groups is 4. The number of hydrogen-bond donors (Lipinski definition) is 8. The predicted molar refractivity (Wildman–Crippen MR) is 147 cm³/mol. The number of carboxylic acids is 1. The molecule has 13 heteroatoms. The molecule has 0 saturated carbocycles. The van der Waals surface area contributed by atoms with Crippen molar-refractivity contribution in [2.75, 3.05) is 0 Å². The summed E-state index contributed by atoms with van der Waals surface area (Å²) in [5, 5.41) is 28.1. The Morgan fingerprint density at radius 3 is 2.25 bits per heavy atom. The fourth-order valence-electron chi connectivity index (χ4n) is 4.25. The van der Waals surface area contributed by atoms with E-state index >= 15 is 0 Å². The number of amides is 3. The number of aromatic nitrogens is 3. The van der Waals surface area contributed by atoms with Gasteiger partial charge in [0.15, 0.2) is 0 Å². The highest BCUT2D eigenvalue weighted by Gasteiger charge is 2.33. The molecule has 0 aliphatic heterocycles. The van der Waals surface area contributed by atoms with E-state index in [0.717, 1.165) is 16.5 Å². The van der Waals surface area contributed by atoms with Crippen LogP contribution in [-0.2, 0) is 32.0 Å². The van der Waals surface area contributed by atoms with Gasteiger partial charge in [0.1, 0.15) is 24.2 Å². The van der Waals surface area contributed by atoms with Gasteiger partial charge >= 0.3 is 5.97 Å². The van der Waals surface area contributed by atoms with E-state index in [9.17, 15) is 29.4 Å². The molecule has 2 heterocycles. The number of carboxylic acid groups (broad SMARTS) is 1. The average Bonchev–Trinajstić information content (AvgIpc) is 3.59. The Morgan fingerprint density at radius 2 is 1.62 bits per heavy atom. The van der Waals surface area contributed by atoms with E-state index in [4.69, 9.17) is 5.73 Å². The minimum atomic E-state index is -1.28. The number of carbonyl (C=O) groups excluding carboxylic acids is 3. The number of para-hydroxylation sites is 1. The number of imidazole rings is 1. The molecule has 3 rings (SSSR count). The Kier molecular flexibility index (Phi) is 10.4. The lowest BCUT2D eigenvalue weighted by molar-refractivity contribution is -0.143. The highest BCUT2D eigenvalue weighted by atomic mass is 16.4. The van der Waals surface area contributed by atoms with Gasteiger partial charge in [0.2, 0.25) is 17.7 Å². The van der Waals surface area contributed by atoms with E-state index in [1.54, 1.807) is 13.1 Å². The number of aliphatic hydroxyl groups is 1. The number of rotatable bonds is 14. The largest absolute Gasteiger partial charge is 0.480 e. The number of H-pyrrole nitrogens is 2. The van der Waals surface area contributed by atoms with Gasteiger partial charge in [0, 0.05) is 41.8 Å². The molecule has 0 saturated heterocycles. The zero-order chi connectivity index (χ0) is 29.4. The summed E-state index contributed by atoms with van der Waals surface area (Å²) in [6, 6.07) is 2.64. The Hall–Kier alpha value is -4.23. The maximum absolute atomic E-state index is 13.6. The Labute approximate surface area is 231 Å². The summed E-state index contributed by atoms with van der Waals surface area (Å²) in [6.45, 7) is 4.88. The van der Waals surface area contributed by atoms with Crippen LogP contribution in [0.15, 0.2) is 43.0 Å². The molecule has 1 aromatic carbocycles. The molecule has 0 fully saturated rings. The van der Waals surface area contributed by atoms with Gasteiger partial charge in [-0.2, -0.15) is 0 Å². The number of fused-ring (bicyclic) bond motifs is 1. The first kappa shape index (κ1) is 30.3. The highest BCUT2D eigenvalue weighted by Crippen LogP contribution is 2.19. The minimum Gasteiger partial charge on any atom is -0.480 e. The summed E-state index contributed by atoms with van der Waals surface area (Å²) in [7, 11) is 0. The molecule has 9 N–H and O–H groups in total. The molecule has 216 valence electrons. The van der Waals surface area contributed by atoms with E-state index in [0.29, 0.717) is 12.1 Å². The maximum Gasteiger partial charge on any atom is 0.326 e. The molecule has 0 aliphatic rings. The topological polar surface area (TPSA) is 215 Å². The van der Waals surface area contributed by atoms with Crippen molar-refractivity contribution in [3.8, 4) is 0 Å². The zero-order valence-corrected chi connectivity index (χ0v) is 22.7.